The molecule has 8 rings (SSSR count). The number of likely N-dealkylation sites (tertiary alicyclic amines) is 1. The van der Waals surface area contributed by atoms with Crippen molar-refractivity contribution >= 4 is 52.5 Å². The number of hydrogen-bond acceptors (Lipinski definition) is 7. The summed E-state index contributed by atoms with van der Waals surface area (Å²) in [5, 5.41) is 12.3. The number of halogens is 2. The van der Waals surface area contributed by atoms with Gasteiger partial charge in [-0.3, -0.25) is 29.5 Å². The van der Waals surface area contributed by atoms with Crippen molar-refractivity contribution in [2.24, 2.45) is 23.7 Å². The first-order valence-electron chi connectivity index (χ1n) is 17.7. The van der Waals surface area contributed by atoms with Crippen molar-refractivity contribution in [2.75, 3.05) is 12.5 Å². The average Bonchev–Trinajstić information content (AvgIpc) is 3.51. The Morgan fingerprint density at radius 3 is 2.31 bits per heavy atom. The summed E-state index contributed by atoms with van der Waals surface area (Å²) >= 11 is 12.7. The van der Waals surface area contributed by atoms with Gasteiger partial charge in [0.1, 0.15) is 11.5 Å². The van der Waals surface area contributed by atoms with Crippen LogP contribution in [0.1, 0.15) is 67.6 Å². The predicted octanol–water partition coefficient (Wildman–Crippen LogP) is 7.33. The molecule has 6 atom stereocenters. The molecule has 3 aromatic rings. The lowest BCUT2D eigenvalue weighted by molar-refractivity contribution is -0.144. The summed E-state index contributed by atoms with van der Waals surface area (Å²) in [6.45, 7) is 1.79. The van der Waals surface area contributed by atoms with E-state index in [0.717, 1.165) is 48.2 Å². The van der Waals surface area contributed by atoms with Crippen LogP contribution in [0.3, 0.4) is 0 Å². The summed E-state index contributed by atoms with van der Waals surface area (Å²) < 4.78 is 5.48. The molecule has 2 aliphatic heterocycles. The zero-order valence-electron chi connectivity index (χ0n) is 28.4. The van der Waals surface area contributed by atoms with E-state index >= 15 is 4.79 Å². The molecule has 0 unspecified atom stereocenters. The van der Waals surface area contributed by atoms with Gasteiger partial charge in [-0.2, -0.15) is 5.01 Å². The summed E-state index contributed by atoms with van der Waals surface area (Å²) in [6, 6.07) is 17.1. The summed E-state index contributed by atoms with van der Waals surface area (Å²) in [6.07, 6.45) is 7.29. The van der Waals surface area contributed by atoms with Crippen molar-refractivity contribution in [3.05, 3.63) is 99.0 Å². The molecule has 0 radical (unpaired) electrons. The monoisotopic (exact) mass is 727 g/mol. The van der Waals surface area contributed by atoms with Crippen LogP contribution in [0.15, 0.2) is 72.3 Å². The minimum Gasteiger partial charge on any atom is -0.508 e. The van der Waals surface area contributed by atoms with Crippen LogP contribution in [-0.2, 0) is 24.6 Å². The van der Waals surface area contributed by atoms with Crippen LogP contribution >= 0.6 is 23.2 Å². The number of ether oxygens (including phenoxy) is 1. The van der Waals surface area contributed by atoms with Crippen LogP contribution in [0.4, 0.5) is 5.69 Å². The van der Waals surface area contributed by atoms with Crippen molar-refractivity contribution in [3.8, 4) is 11.5 Å². The van der Waals surface area contributed by atoms with Crippen molar-refractivity contribution in [3.63, 3.8) is 0 Å². The molecule has 5 aliphatic rings. The third-order valence-corrected chi connectivity index (χ3v) is 12.7. The molecule has 9 nitrogen and oxygen atoms in total. The van der Waals surface area contributed by atoms with Gasteiger partial charge in [-0.05, 0) is 91.6 Å². The molecule has 2 saturated carbocycles. The van der Waals surface area contributed by atoms with E-state index in [2.05, 4.69) is 11.5 Å². The molecule has 51 heavy (non-hydrogen) atoms. The zero-order valence-corrected chi connectivity index (χ0v) is 29.9. The zero-order chi connectivity index (χ0) is 35.8. The smallest absolute Gasteiger partial charge is 0.260 e. The molecule has 4 fully saturated rings. The van der Waals surface area contributed by atoms with Crippen molar-refractivity contribution in [1.82, 2.24) is 9.91 Å². The molecule has 0 bridgehead atoms. The van der Waals surface area contributed by atoms with Crippen LogP contribution in [0.5, 0.6) is 11.5 Å². The molecule has 0 spiro atoms. The lowest BCUT2D eigenvalue weighted by atomic mass is 9.49. The maximum atomic E-state index is 15.4. The first-order chi connectivity index (χ1) is 24.6. The number of aryl methyl sites for hydroxylation is 1. The minimum absolute atomic E-state index is 0.105. The molecule has 2 N–H and O–H groups in total. The number of amides is 4. The van der Waals surface area contributed by atoms with Crippen LogP contribution in [0.25, 0.3) is 0 Å². The molecule has 3 aliphatic carbocycles. The van der Waals surface area contributed by atoms with Crippen molar-refractivity contribution in [2.45, 2.75) is 69.2 Å². The number of methoxy groups -OCH3 is 1. The Hall–Kier alpha value is -4.34. The molecule has 3 aromatic carbocycles. The highest BCUT2D eigenvalue weighted by Crippen LogP contribution is 2.64. The summed E-state index contributed by atoms with van der Waals surface area (Å²) in [7, 11) is 1.56. The first-order valence-corrected chi connectivity index (χ1v) is 18.4. The highest BCUT2D eigenvalue weighted by molar-refractivity contribution is 6.36. The normalized spacial score (nSPS) is 29.1. The largest absolute Gasteiger partial charge is 0.508 e. The molecular weight excluding hydrogens is 689 g/mol. The number of nitrogens with one attached hydrogen (secondary N) is 1. The van der Waals surface area contributed by atoms with E-state index in [4.69, 9.17) is 27.9 Å². The van der Waals surface area contributed by atoms with Crippen molar-refractivity contribution in [1.29, 1.82) is 0 Å². The quantitative estimate of drug-likeness (QED) is 0.202. The molecule has 264 valence electrons. The average molecular weight is 729 g/mol. The van der Waals surface area contributed by atoms with Gasteiger partial charge in [0.2, 0.25) is 11.8 Å². The summed E-state index contributed by atoms with van der Waals surface area (Å²) in [5.74, 6) is -3.73. The number of imide groups is 2. The van der Waals surface area contributed by atoms with Gasteiger partial charge in [-0.1, -0.05) is 78.4 Å². The van der Waals surface area contributed by atoms with Gasteiger partial charge in [0.05, 0.1) is 41.0 Å². The Morgan fingerprint density at radius 2 is 1.63 bits per heavy atom. The Bertz CT molecular complexity index is 1990. The number of phenolic OH excluding ortho intramolecular Hbond substituents is 1. The third kappa shape index (κ3) is 5.10. The number of anilines is 1. The lowest BCUT2D eigenvalue weighted by Gasteiger charge is -2.50. The molecule has 11 heteroatoms. The van der Waals surface area contributed by atoms with Gasteiger partial charge >= 0.3 is 0 Å². The number of carbonyl (C=O) groups excluding carboxylic acids is 4. The number of nitrogens with zero attached hydrogens (tertiary/aromatic N) is 2. The van der Waals surface area contributed by atoms with Gasteiger partial charge in [0.15, 0.2) is 0 Å². The highest BCUT2D eigenvalue weighted by atomic mass is 35.5. The first kappa shape index (κ1) is 33.8. The Morgan fingerprint density at radius 1 is 0.882 bits per heavy atom. The predicted molar refractivity (Wildman–Crippen MR) is 192 cm³/mol. The molecule has 2 heterocycles. The van der Waals surface area contributed by atoms with E-state index in [0.29, 0.717) is 34.0 Å². The van der Waals surface area contributed by atoms with Crippen LogP contribution in [0, 0.1) is 30.6 Å². The maximum Gasteiger partial charge on any atom is 0.260 e. The van der Waals surface area contributed by atoms with Gasteiger partial charge in [0.25, 0.3) is 11.8 Å². The third-order valence-electron chi connectivity index (χ3n) is 12.1. The molecule has 2 saturated heterocycles. The second-order valence-corrected chi connectivity index (χ2v) is 15.4. The van der Waals surface area contributed by atoms with Gasteiger partial charge < -0.3 is 9.84 Å². The number of phenols is 1. The van der Waals surface area contributed by atoms with E-state index < -0.39 is 46.8 Å². The SMILES string of the molecule is COc1ccc([C@@]23C(=O)N(Nc4ccc(Cl)cc4Cl)C(=O)[C@@H]2C[C@@H]2C(=CC[C@@H]4C(=O)N(C5CCCCC5)C(=O)[C@@H]42)[C@@H]3c2ccc(O)c(C)c2)cc1. The van der Waals surface area contributed by atoms with E-state index in [1.807, 2.05) is 18.2 Å². The van der Waals surface area contributed by atoms with E-state index in [1.165, 1.54) is 6.07 Å². The van der Waals surface area contributed by atoms with Crippen LogP contribution in [0.2, 0.25) is 10.0 Å². The fourth-order valence-electron chi connectivity index (χ4n) is 9.80. The van der Waals surface area contributed by atoms with E-state index in [-0.39, 0.29) is 35.0 Å². The Kier molecular flexibility index (Phi) is 8.42. The lowest BCUT2D eigenvalue weighted by Crippen LogP contribution is -2.53. The fraction of sp³-hybridized carbons (Fsp3) is 0.400. The van der Waals surface area contributed by atoms with E-state index in [1.54, 1.807) is 55.3 Å². The van der Waals surface area contributed by atoms with Crippen LogP contribution in [-0.4, -0.2) is 51.8 Å². The number of aromatic hydroxyl groups is 1. The number of fused-ring (bicyclic) bond motifs is 4. The Labute approximate surface area is 306 Å². The Balaban J connectivity index is 1.32. The fourth-order valence-corrected chi connectivity index (χ4v) is 10.3. The summed E-state index contributed by atoms with van der Waals surface area (Å²) in [4.78, 5) is 60.3. The van der Waals surface area contributed by atoms with Crippen molar-refractivity contribution < 1.29 is 29.0 Å². The number of carbonyl (C=O) groups is 4. The second kappa shape index (κ2) is 12.7. The number of rotatable bonds is 6. The summed E-state index contributed by atoms with van der Waals surface area (Å²) in [5.41, 5.74) is 4.73. The van der Waals surface area contributed by atoms with E-state index in [9.17, 15) is 19.5 Å². The number of benzene rings is 3. The van der Waals surface area contributed by atoms with Gasteiger partial charge in [0, 0.05) is 17.0 Å². The maximum absolute atomic E-state index is 15.4. The van der Waals surface area contributed by atoms with Gasteiger partial charge in [-0.25, -0.2) is 0 Å². The highest BCUT2D eigenvalue weighted by Gasteiger charge is 2.70. The number of hydrogen-bond donors (Lipinski definition) is 2. The topological polar surface area (TPSA) is 116 Å². The second-order valence-electron chi connectivity index (χ2n) is 14.6. The van der Waals surface area contributed by atoms with Crippen LogP contribution < -0.4 is 10.2 Å². The minimum atomic E-state index is -1.46. The number of allylic oxidation sites excluding steroid dienone is 2. The molecular formula is C40H39Cl2N3O6. The van der Waals surface area contributed by atoms with Gasteiger partial charge in [-0.15, -0.1) is 0 Å². The standard InChI is InChI=1S/C40H39Cl2N3O6/c1-21-18-22(8-17-33(21)46)35-27-14-15-28-34(38(49)44(36(28)47)25-6-4-3-5-7-25)29(27)20-30-37(48)45(43-32-16-11-24(41)19-31(32)42)39(50)40(30,35)23-9-12-26(51-2)13-10-23/h8-14,16-19,25,28-30,34-35,43,46H,3-7,15,20H2,1-2H3/t28-,29+,30-,34-,35-,40+/m0/s1. The number of hydrazine groups is 1. The molecule has 4 amide bonds. The molecule has 0 aromatic heterocycles.